The van der Waals surface area contributed by atoms with Gasteiger partial charge in [-0.05, 0) is 25.1 Å². The van der Waals surface area contributed by atoms with Crippen LogP contribution in [0.4, 0.5) is 5.69 Å². The van der Waals surface area contributed by atoms with E-state index in [4.69, 9.17) is 27.9 Å². The molecule has 1 amide bonds. The third-order valence-electron chi connectivity index (χ3n) is 3.36. The van der Waals surface area contributed by atoms with Gasteiger partial charge < -0.3 is 10.1 Å². The first-order valence-electron chi connectivity index (χ1n) is 6.63. The minimum Gasteiger partial charge on any atom is -0.379 e. The Morgan fingerprint density at radius 3 is 2.75 bits per heavy atom. The zero-order valence-electron chi connectivity index (χ0n) is 11.4. The molecule has 20 heavy (non-hydrogen) atoms. The molecule has 0 aliphatic carbocycles. The fourth-order valence-electron chi connectivity index (χ4n) is 2.21. The van der Waals surface area contributed by atoms with Crippen LogP contribution in [0.2, 0.25) is 10.0 Å². The number of anilines is 1. The summed E-state index contributed by atoms with van der Waals surface area (Å²) in [6.45, 7) is 5.25. The van der Waals surface area contributed by atoms with Crippen LogP contribution in [0, 0.1) is 0 Å². The van der Waals surface area contributed by atoms with E-state index in [0.29, 0.717) is 22.2 Å². The van der Waals surface area contributed by atoms with E-state index < -0.39 is 0 Å². The molecule has 110 valence electrons. The predicted molar refractivity (Wildman–Crippen MR) is 81.6 cm³/mol. The van der Waals surface area contributed by atoms with Gasteiger partial charge in [-0.1, -0.05) is 23.2 Å². The Kier molecular flexibility index (Phi) is 5.66. The molecule has 1 aromatic carbocycles. The van der Waals surface area contributed by atoms with Gasteiger partial charge in [-0.3, -0.25) is 9.69 Å². The molecule has 1 N–H and O–H groups in total. The first-order valence-corrected chi connectivity index (χ1v) is 7.38. The lowest BCUT2D eigenvalue weighted by molar-refractivity contribution is -0.117. The number of benzene rings is 1. The Hall–Kier alpha value is -0.810. The maximum absolute atomic E-state index is 12.0. The molecule has 1 aromatic rings. The first kappa shape index (κ1) is 15.6. The lowest BCUT2D eigenvalue weighted by Gasteiger charge is -2.31. The van der Waals surface area contributed by atoms with E-state index in [9.17, 15) is 4.79 Å². The maximum Gasteiger partial charge on any atom is 0.225 e. The van der Waals surface area contributed by atoms with Gasteiger partial charge in [0.2, 0.25) is 5.91 Å². The van der Waals surface area contributed by atoms with E-state index in [1.807, 2.05) is 6.92 Å². The lowest BCUT2D eigenvalue weighted by Crippen LogP contribution is -2.43. The second kappa shape index (κ2) is 7.27. The SMILES string of the molecule is CC(CC(=O)Nc1ccc(Cl)cc1Cl)N1CCOCC1. The molecule has 0 spiro atoms. The molecule has 1 aliphatic rings. The van der Waals surface area contributed by atoms with Crippen molar-refractivity contribution < 1.29 is 9.53 Å². The zero-order chi connectivity index (χ0) is 14.5. The predicted octanol–water partition coefficient (Wildman–Crippen LogP) is 3.04. The van der Waals surface area contributed by atoms with Gasteiger partial charge in [0, 0.05) is 30.6 Å². The number of halogens is 2. The van der Waals surface area contributed by atoms with Gasteiger partial charge in [-0.15, -0.1) is 0 Å². The van der Waals surface area contributed by atoms with Gasteiger partial charge >= 0.3 is 0 Å². The Labute approximate surface area is 129 Å². The number of hydrogen-bond donors (Lipinski definition) is 1. The summed E-state index contributed by atoms with van der Waals surface area (Å²) in [5.74, 6) is -0.0479. The minimum absolute atomic E-state index is 0.0479. The van der Waals surface area contributed by atoms with Gasteiger partial charge in [-0.2, -0.15) is 0 Å². The molecular weight excluding hydrogens is 299 g/mol. The highest BCUT2D eigenvalue weighted by Crippen LogP contribution is 2.25. The van der Waals surface area contributed by atoms with Gasteiger partial charge in [0.1, 0.15) is 0 Å². The molecule has 1 saturated heterocycles. The van der Waals surface area contributed by atoms with E-state index in [-0.39, 0.29) is 11.9 Å². The van der Waals surface area contributed by atoms with E-state index in [2.05, 4.69) is 10.2 Å². The maximum atomic E-state index is 12.0. The van der Waals surface area contributed by atoms with Crippen LogP contribution in [0.3, 0.4) is 0 Å². The Bertz CT molecular complexity index is 476. The molecule has 1 heterocycles. The van der Waals surface area contributed by atoms with Crippen LogP contribution >= 0.6 is 23.2 Å². The Morgan fingerprint density at radius 2 is 2.10 bits per heavy atom. The van der Waals surface area contributed by atoms with E-state index in [0.717, 1.165) is 26.3 Å². The van der Waals surface area contributed by atoms with Crippen molar-refractivity contribution in [3.8, 4) is 0 Å². The van der Waals surface area contributed by atoms with Crippen LogP contribution in [0.5, 0.6) is 0 Å². The summed E-state index contributed by atoms with van der Waals surface area (Å²) in [6, 6.07) is 5.21. The highest BCUT2D eigenvalue weighted by molar-refractivity contribution is 6.36. The molecule has 4 nitrogen and oxygen atoms in total. The molecule has 1 atom stereocenters. The number of nitrogens with zero attached hydrogens (tertiary/aromatic N) is 1. The molecule has 0 saturated carbocycles. The number of hydrogen-bond acceptors (Lipinski definition) is 3. The highest BCUT2D eigenvalue weighted by atomic mass is 35.5. The van der Waals surface area contributed by atoms with Crippen molar-refractivity contribution in [1.29, 1.82) is 0 Å². The summed E-state index contributed by atoms with van der Waals surface area (Å²) in [5.41, 5.74) is 0.593. The molecule has 6 heteroatoms. The second-order valence-corrected chi connectivity index (χ2v) is 5.72. The standard InChI is InChI=1S/C14H18Cl2N2O2/c1-10(18-4-6-20-7-5-18)8-14(19)17-13-3-2-11(15)9-12(13)16/h2-3,9-10H,4-8H2,1H3,(H,17,19). The van der Waals surface area contributed by atoms with Crippen LogP contribution in [-0.2, 0) is 9.53 Å². The molecule has 1 fully saturated rings. The summed E-state index contributed by atoms with van der Waals surface area (Å²) < 4.78 is 5.31. The largest absolute Gasteiger partial charge is 0.379 e. The topological polar surface area (TPSA) is 41.6 Å². The highest BCUT2D eigenvalue weighted by Gasteiger charge is 2.19. The van der Waals surface area contributed by atoms with Crippen molar-refractivity contribution in [2.45, 2.75) is 19.4 Å². The first-order chi connectivity index (χ1) is 9.56. The number of rotatable bonds is 4. The third-order valence-corrected chi connectivity index (χ3v) is 3.90. The third kappa shape index (κ3) is 4.35. The number of nitrogens with one attached hydrogen (secondary N) is 1. The van der Waals surface area contributed by atoms with Crippen LogP contribution in [0.15, 0.2) is 18.2 Å². The van der Waals surface area contributed by atoms with Crippen molar-refractivity contribution in [3.63, 3.8) is 0 Å². The number of amides is 1. The van der Waals surface area contributed by atoms with Gasteiger partial charge in [-0.25, -0.2) is 0 Å². The normalized spacial score (nSPS) is 17.8. The van der Waals surface area contributed by atoms with Crippen molar-refractivity contribution in [2.24, 2.45) is 0 Å². The summed E-state index contributed by atoms with van der Waals surface area (Å²) in [6.07, 6.45) is 0.430. The molecule has 0 radical (unpaired) electrons. The number of ether oxygens (including phenoxy) is 1. The summed E-state index contributed by atoms with van der Waals surface area (Å²) >= 11 is 11.9. The Morgan fingerprint density at radius 1 is 1.40 bits per heavy atom. The fourth-order valence-corrected chi connectivity index (χ4v) is 2.66. The van der Waals surface area contributed by atoms with Crippen LogP contribution in [0.1, 0.15) is 13.3 Å². The molecule has 0 aromatic heterocycles. The van der Waals surface area contributed by atoms with Gasteiger partial charge in [0.15, 0.2) is 0 Å². The second-order valence-electron chi connectivity index (χ2n) is 4.87. The molecular formula is C14H18Cl2N2O2. The van der Waals surface area contributed by atoms with E-state index in [1.165, 1.54) is 0 Å². The van der Waals surface area contributed by atoms with Crippen molar-refractivity contribution in [2.75, 3.05) is 31.6 Å². The van der Waals surface area contributed by atoms with Crippen LogP contribution < -0.4 is 5.32 Å². The van der Waals surface area contributed by atoms with E-state index in [1.54, 1.807) is 18.2 Å². The van der Waals surface area contributed by atoms with E-state index >= 15 is 0 Å². The van der Waals surface area contributed by atoms with Crippen molar-refractivity contribution >= 4 is 34.8 Å². The van der Waals surface area contributed by atoms with Crippen LogP contribution in [-0.4, -0.2) is 43.2 Å². The quantitative estimate of drug-likeness (QED) is 0.928. The van der Waals surface area contributed by atoms with Crippen molar-refractivity contribution in [3.05, 3.63) is 28.2 Å². The molecule has 1 aliphatic heterocycles. The lowest BCUT2D eigenvalue weighted by atomic mass is 10.1. The molecule has 2 rings (SSSR count). The fraction of sp³-hybridized carbons (Fsp3) is 0.500. The zero-order valence-corrected chi connectivity index (χ0v) is 12.9. The number of carbonyl (C=O) groups excluding carboxylic acids is 1. The average Bonchev–Trinajstić information content (AvgIpc) is 2.43. The smallest absolute Gasteiger partial charge is 0.225 e. The van der Waals surface area contributed by atoms with Gasteiger partial charge in [0.25, 0.3) is 0 Å². The molecule has 1 unspecified atom stereocenters. The number of carbonyl (C=O) groups is 1. The Balaban J connectivity index is 1.88. The van der Waals surface area contributed by atoms with Gasteiger partial charge in [0.05, 0.1) is 23.9 Å². The minimum atomic E-state index is -0.0479. The summed E-state index contributed by atoms with van der Waals surface area (Å²) in [7, 11) is 0. The number of morpholine rings is 1. The average molecular weight is 317 g/mol. The van der Waals surface area contributed by atoms with Crippen molar-refractivity contribution in [1.82, 2.24) is 4.90 Å². The molecule has 0 bridgehead atoms. The van der Waals surface area contributed by atoms with Crippen LogP contribution in [0.25, 0.3) is 0 Å². The summed E-state index contributed by atoms with van der Waals surface area (Å²) in [5, 5.41) is 3.82. The summed E-state index contributed by atoms with van der Waals surface area (Å²) in [4.78, 5) is 14.3. The monoisotopic (exact) mass is 316 g/mol.